The number of rotatable bonds is 7. The van der Waals surface area contributed by atoms with E-state index in [9.17, 15) is 14.9 Å². The normalized spacial score (nSPS) is 21.0. The average Bonchev–Trinajstić information content (AvgIpc) is 2.85. The summed E-state index contributed by atoms with van der Waals surface area (Å²) in [4.78, 5) is 28.2. The second kappa shape index (κ2) is 10.6. The highest BCUT2D eigenvalue weighted by Gasteiger charge is 2.37. The monoisotopic (exact) mass is 480 g/mol. The van der Waals surface area contributed by atoms with Gasteiger partial charge >= 0.3 is 0 Å². The molecule has 1 N–H and O–H groups in total. The van der Waals surface area contributed by atoms with E-state index in [1.54, 1.807) is 19.1 Å². The van der Waals surface area contributed by atoms with Crippen LogP contribution in [0.5, 0.6) is 0 Å². The lowest BCUT2D eigenvalue weighted by atomic mass is 9.92. The van der Waals surface area contributed by atoms with Gasteiger partial charge in [0, 0.05) is 55.2 Å². The van der Waals surface area contributed by atoms with E-state index < -0.39 is 5.60 Å². The average molecular weight is 481 g/mol. The lowest BCUT2D eigenvalue weighted by molar-refractivity contribution is -0.385. The lowest BCUT2D eigenvalue weighted by Crippen LogP contribution is -2.55. The van der Waals surface area contributed by atoms with E-state index in [2.05, 4.69) is 22.3 Å². The van der Waals surface area contributed by atoms with Gasteiger partial charge in [0.1, 0.15) is 5.60 Å². The third-order valence-electron chi connectivity index (χ3n) is 7.10. The van der Waals surface area contributed by atoms with Crippen LogP contribution in [0.4, 0.5) is 17.1 Å². The van der Waals surface area contributed by atoms with Crippen molar-refractivity contribution in [1.29, 1.82) is 0 Å². The standard InChI is InChI=1S/C27H36N4O4/c1-20-19-22(11-14-25(20)31(33)34)28-21-9-12-24(13-10-21)35-27(2,3)26(32)30-17-15-29(16-18-30)23-7-5-4-6-8-23/h4-8,11,14,19,21,24,28H,9-10,12-13,15-18H2,1-3H3. The van der Waals surface area contributed by atoms with Crippen molar-refractivity contribution >= 4 is 23.0 Å². The SMILES string of the molecule is Cc1cc(NC2CCC(OC(C)(C)C(=O)N3CCN(c4ccccc4)CC3)CC2)ccc1[N+](=O)[O-]. The molecule has 8 nitrogen and oxygen atoms in total. The fourth-order valence-corrected chi connectivity index (χ4v) is 5.17. The minimum Gasteiger partial charge on any atom is -0.382 e. The Kier molecular flexibility index (Phi) is 7.60. The highest BCUT2D eigenvalue weighted by molar-refractivity contribution is 5.84. The number of hydrogen-bond donors (Lipinski definition) is 1. The van der Waals surface area contributed by atoms with Crippen molar-refractivity contribution in [3.63, 3.8) is 0 Å². The van der Waals surface area contributed by atoms with Crippen LogP contribution >= 0.6 is 0 Å². The smallest absolute Gasteiger partial charge is 0.272 e. The quantitative estimate of drug-likeness (QED) is 0.454. The van der Waals surface area contributed by atoms with Gasteiger partial charge in [-0.15, -0.1) is 0 Å². The maximum absolute atomic E-state index is 13.3. The van der Waals surface area contributed by atoms with Gasteiger partial charge in [-0.3, -0.25) is 14.9 Å². The van der Waals surface area contributed by atoms with E-state index in [-0.39, 0.29) is 22.6 Å². The molecule has 35 heavy (non-hydrogen) atoms. The summed E-state index contributed by atoms with van der Waals surface area (Å²) < 4.78 is 6.36. The lowest BCUT2D eigenvalue weighted by Gasteiger charge is -2.41. The van der Waals surface area contributed by atoms with Crippen LogP contribution in [-0.4, -0.2) is 59.7 Å². The predicted molar refractivity (Wildman–Crippen MR) is 138 cm³/mol. The number of aryl methyl sites for hydroxylation is 1. The molecule has 0 aromatic heterocycles. The molecule has 0 unspecified atom stereocenters. The molecule has 4 rings (SSSR count). The van der Waals surface area contributed by atoms with Crippen LogP contribution in [0.3, 0.4) is 0 Å². The van der Waals surface area contributed by atoms with E-state index in [4.69, 9.17) is 4.74 Å². The van der Waals surface area contributed by atoms with E-state index in [0.717, 1.165) is 44.5 Å². The largest absolute Gasteiger partial charge is 0.382 e. The first-order chi connectivity index (χ1) is 16.7. The summed E-state index contributed by atoms with van der Waals surface area (Å²) in [5, 5.41) is 14.5. The van der Waals surface area contributed by atoms with Gasteiger partial charge in [-0.1, -0.05) is 18.2 Å². The number of amides is 1. The van der Waals surface area contributed by atoms with Gasteiger partial charge in [0.25, 0.3) is 11.6 Å². The number of nitrogens with one attached hydrogen (secondary N) is 1. The summed E-state index contributed by atoms with van der Waals surface area (Å²) >= 11 is 0. The van der Waals surface area contributed by atoms with Crippen LogP contribution < -0.4 is 10.2 Å². The van der Waals surface area contributed by atoms with Gasteiger partial charge in [0.15, 0.2) is 0 Å². The Bertz CT molecular complexity index is 1030. The summed E-state index contributed by atoms with van der Waals surface area (Å²) in [6.07, 6.45) is 3.67. The molecule has 1 saturated carbocycles. The Morgan fingerprint density at radius 2 is 1.69 bits per heavy atom. The van der Waals surface area contributed by atoms with E-state index in [0.29, 0.717) is 24.7 Å². The highest BCUT2D eigenvalue weighted by atomic mass is 16.6. The van der Waals surface area contributed by atoms with Crippen LogP contribution in [0.1, 0.15) is 45.1 Å². The van der Waals surface area contributed by atoms with Crippen LogP contribution in [0.2, 0.25) is 0 Å². The fraction of sp³-hybridized carbons (Fsp3) is 0.519. The second-order valence-electron chi connectivity index (χ2n) is 10.1. The van der Waals surface area contributed by atoms with Crippen molar-refractivity contribution in [3.05, 3.63) is 64.2 Å². The maximum Gasteiger partial charge on any atom is 0.272 e. The molecule has 0 radical (unpaired) electrons. The van der Waals surface area contributed by atoms with Gasteiger partial charge in [-0.05, 0) is 70.7 Å². The Hall–Kier alpha value is -3.13. The Labute approximate surface area is 207 Å². The van der Waals surface area contributed by atoms with Crippen molar-refractivity contribution in [1.82, 2.24) is 4.90 Å². The Morgan fingerprint density at radius 3 is 2.29 bits per heavy atom. The fourth-order valence-electron chi connectivity index (χ4n) is 5.17. The van der Waals surface area contributed by atoms with E-state index >= 15 is 0 Å². The molecular weight excluding hydrogens is 444 g/mol. The first-order valence-electron chi connectivity index (χ1n) is 12.5. The molecule has 2 aromatic carbocycles. The van der Waals surface area contributed by atoms with E-state index in [1.165, 1.54) is 5.69 Å². The molecule has 1 aliphatic heterocycles. The first kappa shape index (κ1) is 25.0. The van der Waals surface area contributed by atoms with Gasteiger partial charge in [-0.2, -0.15) is 0 Å². The number of hydrogen-bond acceptors (Lipinski definition) is 6. The molecular formula is C27H36N4O4. The van der Waals surface area contributed by atoms with Gasteiger partial charge in [-0.25, -0.2) is 0 Å². The number of nitro benzene ring substituents is 1. The molecule has 2 fully saturated rings. The zero-order valence-electron chi connectivity index (χ0n) is 20.9. The first-order valence-corrected chi connectivity index (χ1v) is 12.5. The third kappa shape index (κ3) is 6.11. The van der Waals surface area contributed by atoms with E-state index in [1.807, 2.05) is 43.0 Å². The van der Waals surface area contributed by atoms with Crippen LogP contribution in [0.15, 0.2) is 48.5 Å². The van der Waals surface area contributed by atoms with Crippen molar-refractivity contribution in [2.24, 2.45) is 0 Å². The molecule has 1 saturated heterocycles. The summed E-state index contributed by atoms with van der Waals surface area (Å²) in [7, 11) is 0. The topological polar surface area (TPSA) is 88.0 Å². The summed E-state index contributed by atoms with van der Waals surface area (Å²) in [5.41, 5.74) is 2.05. The van der Waals surface area contributed by atoms with Gasteiger partial charge in [0.2, 0.25) is 0 Å². The molecule has 8 heteroatoms. The minimum absolute atomic E-state index is 0.0520. The zero-order chi connectivity index (χ0) is 25.0. The number of piperazine rings is 1. The molecule has 0 spiro atoms. The van der Waals surface area contributed by atoms with Crippen molar-refractivity contribution < 1.29 is 14.5 Å². The second-order valence-corrected chi connectivity index (χ2v) is 10.1. The Morgan fingerprint density at radius 1 is 1.03 bits per heavy atom. The molecule has 1 aliphatic carbocycles. The van der Waals surface area contributed by atoms with Crippen molar-refractivity contribution in [3.8, 4) is 0 Å². The number of ether oxygens (including phenoxy) is 1. The number of anilines is 2. The predicted octanol–water partition coefficient (Wildman–Crippen LogP) is 4.77. The number of nitro groups is 1. The van der Waals surface area contributed by atoms with Gasteiger partial charge in [0.05, 0.1) is 11.0 Å². The number of carbonyl (C=O) groups is 1. The zero-order valence-corrected chi connectivity index (χ0v) is 20.9. The number of para-hydroxylation sites is 1. The third-order valence-corrected chi connectivity index (χ3v) is 7.10. The number of carbonyl (C=O) groups excluding carboxylic acids is 1. The molecule has 0 atom stereocenters. The minimum atomic E-state index is -0.852. The van der Waals surface area contributed by atoms with Crippen molar-refractivity contribution in [2.45, 2.75) is 64.2 Å². The molecule has 1 heterocycles. The highest BCUT2D eigenvalue weighted by Crippen LogP contribution is 2.30. The number of nitrogens with zero attached hydrogens (tertiary/aromatic N) is 3. The number of benzene rings is 2. The van der Waals surface area contributed by atoms with Crippen molar-refractivity contribution in [2.75, 3.05) is 36.4 Å². The molecule has 188 valence electrons. The Balaban J connectivity index is 1.24. The molecule has 0 bridgehead atoms. The molecule has 2 aliphatic rings. The van der Waals surface area contributed by atoms with Crippen LogP contribution in [0.25, 0.3) is 0 Å². The van der Waals surface area contributed by atoms with Gasteiger partial charge < -0.3 is 19.9 Å². The molecule has 2 aromatic rings. The van der Waals surface area contributed by atoms with Crippen LogP contribution in [-0.2, 0) is 9.53 Å². The summed E-state index contributed by atoms with van der Waals surface area (Å²) in [6, 6.07) is 15.8. The summed E-state index contributed by atoms with van der Waals surface area (Å²) in [5.74, 6) is 0.0619. The molecule has 1 amide bonds. The van der Waals surface area contributed by atoms with Crippen LogP contribution in [0, 0.1) is 17.0 Å². The summed E-state index contributed by atoms with van der Waals surface area (Å²) in [6.45, 7) is 8.59. The maximum atomic E-state index is 13.3.